The minimum atomic E-state index is -0.0523. The van der Waals surface area contributed by atoms with E-state index < -0.39 is 0 Å². The fourth-order valence-corrected chi connectivity index (χ4v) is 2.78. The van der Waals surface area contributed by atoms with Crippen LogP contribution in [0.4, 0.5) is 0 Å². The molecule has 1 heteroatoms. The maximum absolute atomic E-state index is 6.55. The predicted octanol–water partition coefficient (Wildman–Crippen LogP) is 5.29. The maximum Gasteiger partial charge on any atom is 0.0554 e. The van der Waals surface area contributed by atoms with Crippen LogP contribution < -0.4 is 5.73 Å². The highest BCUT2D eigenvalue weighted by molar-refractivity contribution is 5.42. The number of rotatable bonds is 4. The maximum atomic E-state index is 6.55. The number of hydrogen-bond donors (Lipinski definition) is 1. The second kappa shape index (κ2) is 6.44. The third-order valence-electron chi connectivity index (χ3n) is 4.14. The Kier molecular flexibility index (Phi) is 4.84. The molecule has 0 spiro atoms. The van der Waals surface area contributed by atoms with Gasteiger partial charge in [-0.3, -0.25) is 0 Å². The van der Waals surface area contributed by atoms with Crippen LogP contribution in [0.25, 0.3) is 0 Å². The minimum Gasteiger partial charge on any atom is -0.320 e. The van der Waals surface area contributed by atoms with Crippen molar-refractivity contribution in [3.63, 3.8) is 0 Å². The molecule has 2 N–H and O–H groups in total. The van der Waals surface area contributed by atoms with Gasteiger partial charge in [-0.15, -0.1) is 0 Å². The Balaban J connectivity index is 2.47. The van der Waals surface area contributed by atoms with Gasteiger partial charge in [0.25, 0.3) is 0 Å². The molecule has 1 nitrogen and oxygen atoms in total. The summed E-state index contributed by atoms with van der Waals surface area (Å²) in [4.78, 5) is 0. The normalized spacial score (nSPS) is 13.0. The third-order valence-corrected chi connectivity index (χ3v) is 4.14. The van der Waals surface area contributed by atoms with Crippen molar-refractivity contribution in [3.05, 3.63) is 70.3 Å². The largest absolute Gasteiger partial charge is 0.320 e. The van der Waals surface area contributed by atoms with Crippen molar-refractivity contribution in [2.75, 3.05) is 0 Å². The summed E-state index contributed by atoms with van der Waals surface area (Å²) in [5.41, 5.74) is 13.0. The molecular formula is C20H27N. The van der Waals surface area contributed by atoms with Crippen LogP contribution in [-0.2, 0) is 0 Å². The van der Waals surface area contributed by atoms with Gasteiger partial charge in [-0.2, -0.15) is 0 Å². The second-order valence-corrected chi connectivity index (χ2v) is 6.59. The smallest absolute Gasteiger partial charge is 0.0554 e. The second-order valence-electron chi connectivity index (χ2n) is 6.59. The predicted molar refractivity (Wildman–Crippen MR) is 91.8 cm³/mol. The van der Waals surface area contributed by atoms with Crippen LogP contribution in [0.2, 0.25) is 0 Å². The molecule has 0 aromatic heterocycles. The van der Waals surface area contributed by atoms with E-state index in [1.807, 2.05) is 0 Å². The zero-order chi connectivity index (χ0) is 15.6. The summed E-state index contributed by atoms with van der Waals surface area (Å²) in [6, 6.07) is 15.2. The number of aryl methyl sites for hydroxylation is 1. The molecule has 0 amide bonds. The van der Waals surface area contributed by atoms with Crippen LogP contribution in [0, 0.1) is 6.92 Å². The molecule has 0 heterocycles. The lowest BCUT2D eigenvalue weighted by Gasteiger charge is -2.21. The van der Waals surface area contributed by atoms with E-state index >= 15 is 0 Å². The summed E-state index contributed by atoms with van der Waals surface area (Å²) >= 11 is 0. The van der Waals surface area contributed by atoms with Gasteiger partial charge in [0.2, 0.25) is 0 Å². The SMILES string of the molecule is Cc1cccc(C(N)c2ccc(C(C)C)cc2C(C)C)c1. The average Bonchev–Trinajstić information content (AvgIpc) is 2.45. The monoisotopic (exact) mass is 281 g/mol. The highest BCUT2D eigenvalue weighted by atomic mass is 14.6. The van der Waals surface area contributed by atoms with Crippen LogP contribution in [0.3, 0.4) is 0 Å². The Labute approximate surface area is 129 Å². The molecular weight excluding hydrogens is 254 g/mol. The molecule has 2 rings (SSSR count). The van der Waals surface area contributed by atoms with Crippen LogP contribution in [0.5, 0.6) is 0 Å². The quantitative estimate of drug-likeness (QED) is 0.809. The molecule has 0 radical (unpaired) electrons. The summed E-state index contributed by atoms with van der Waals surface area (Å²) in [6.45, 7) is 11.1. The molecule has 0 bridgehead atoms. The zero-order valence-electron chi connectivity index (χ0n) is 13.9. The lowest BCUT2D eigenvalue weighted by atomic mass is 9.86. The molecule has 1 unspecified atom stereocenters. The van der Waals surface area contributed by atoms with Crippen molar-refractivity contribution in [2.24, 2.45) is 5.73 Å². The molecule has 2 aromatic carbocycles. The lowest BCUT2D eigenvalue weighted by Crippen LogP contribution is -2.15. The summed E-state index contributed by atoms with van der Waals surface area (Å²) in [5.74, 6) is 1.03. The van der Waals surface area contributed by atoms with E-state index in [4.69, 9.17) is 5.73 Å². The van der Waals surface area contributed by atoms with Gasteiger partial charge in [-0.25, -0.2) is 0 Å². The van der Waals surface area contributed by atoms with Crippen molar-refractivity contribution in [2.45, 2.75) is 52.5 Å². The molecule has 0 aliphatic rings. The molecule has 2 aromatic rings. The van der Waals surface area contributed by atoms with Crippen molar-refractivity contribution < 1.29 is 0 Å². The minimum absolute atomic E-state index is 0.0523. The van der Waals surface area contributed by atoms with Crippen molar-refractivity contribution >= 4 is 0 Å². The average molecular weight is 281 g/mol. The Hall–Kier alpha value is -1.60. The number of hydrogen-bond acceptors (Lipinski definition) is 1. The van der Waals surface area contributed by atoms with Gasteiger partial charge >= 0.3 is 0 Å². The van der Waals surface area contributed by atoms with E-state index in [0.717, 1.165) is 0 Å². The summed E-state index contributed by atoms with van der Waals surface area (Å²) < 4.78 is 0. The fourth-order valence-electron chi connectivity index (χ4n) is 2.78. The van der Waals surface area contributed by atoms with E-state index in [-0.39, 0.29) is 6.04 Å². The molecule has 0 aliphatic carbocycles. The number of nitrogens with two attached hydrogens (primary N) is 1. The van der Waals surface area contributed by atoms with E-state index in [2.05, 4.69) is 77.1 Å². The van der Waals surface area contributed by atoms with Crippen LogP contribution in [0.1, 0.15) is 73.4 Å². The Morgan fingerprint density at radius 3 is 2.05 bits per heavy atom. The van der Waals surface area contributed by atoms with Gasteiger partial charge in [0.15, 0.2) is 0 Å². The van der Waals surface area contributed by atoms with Crippen molar-refractivity contribution in [3.8, 4) is 0 Å². The van der Waals surface area contributed by atoms with Gasteiger partial charge in [0.05, 0.1) is 6.04 Å². The molecule has 112 valence electrons. The topological polar surface area (TPSA) is 26.0 Å². The third kappa shape index (κ3) is 3.54. The van der Waals surface area contributed by atoms with E-state index in [1.165, 1.54) is 27.8 Å². The van der Waals surface area contributed by atoms with Crippen LogP contribution >= 0.6 is 0 Å². The number of benzene rings is 2. The van der Waals surface area contributed by atoms with E-state index in [1.54, 1.807) is 0 Å². The Morgan fingerprint density at radius 1 is 0.762 bits per heavy atom. The Morgan fingerprint density at radius 2 is 1.48 bits per heavy atom. The Bertz CT molecular complexity index is 611. The van der Waals surface area contributed by atoms with Gasteiger partial charge in [-0.1, -0.05) is 75.7 Å². The molecule has 0 fully saturated rings. The van der Waals surface area contributed by atoms with Gasteiger partial charge in [-0.05, 0) is 41.0 Å². The van der Waals surface area contributed by atoms with Crippen LogP contribution in [-0.4, -0.2) is 0 Å². The summed E-state index contributed by atoms with van der Waals surface area (Å²) in [7, 11) is 0. The lowest BCUT2D eigenvalue weighted by molar-refractivity contribution is 0.781. The first-order chi connectivity index (χ1) is 9.90. The summed E-state index contributed by atoms with van der Waals surface area (Å²) in [5, 5.41) is 0. The molecule has 1 atom stereocenters. The van der Waals surface area contributed by atoms with Gasteiger partial charge < -0.3 is 5.73 Å². The fraction of sp³-hybridized carbons (Fsp3) is 0.400. The first kappa shape index (κ1) is 15.8. The first-order valence-corrected chi connectivity index (χ1v) is 7.86. The van der Waals surface area contributed by atoms with E-state index in [0.29, 0.717) is 11.8 Å². The first-order valence-electron chi connectivity index (χ1n) is 7.86. The highest BCUT2D eigenvalue weighted by Crippen LogP contribution is 2.31. The molecule has 0 saturated heterocycles. The summed E-state index contributed by atoms with van der Waals surface area (Å²) in [6.07, 6.45) is 0. The zero-order valence-corrected chi connectivity index (χ0v) is 13.9. The van der Waals surface area contributed by atoms with E-state index in [9.17, 15) is 0 Å². The van der Waals surface area contributed by atoms with Crippen molar-refractivity contribution in [1.29, 1.82) is 0 Å². The molecule has 0 aliphatic heterocycles. The molecule has 21 heavy (non-hydrogen) atoms. The standard InChI is InChI=1S/C20H27N/c1-13(2)16-9-10-18(19(12-16)14(3)4)20(21)17-8-6-7-15(5)11-17/h6-14,20H,21H2,1-5H3. The van der Waals surface area contributed by atoms with Crippen LogP contribution in [0.15, 0.2) is 42.5 Å². The van der Waals surface area contributed by atoms with Gasteiger partial charge in [0, 0.05) is 0 Å². The molecule has 0 saturated carbocycles. The van der Waals surface area contributed by atoms with Gasteiger partial charge in [0.1, 0.15) is 0 Å². The highest BCUT2D eigenvalue weighted by Gasteiger charge is 2.16. The van der Waals surface area contributed by atoms with Crippen molar-refractivity contribution in [1.82, 2.24) is 0 Å².